The Morgan fingerprint density at radius 1 is 1.40 bits per heavy atom. The average Bonchev–Trinajstić information content (AvgIpc) is 2.83. The third-order valence-electron chi connectivity index (χ3n) is 2.51. The van der Waals surface area contributed by atoms with Gasteiger partial charge in [0.05, 0.1) is 24.6 Å². The van der Waals surface area contributed by atoms with E-state index in [1.54, 1.807) is 18.3 Å². The van der Waals surface area contributed by atoms with Crippen LogP contribution in [-0.2, 0) is 4.74 Å². The van der Waals surface area contributed by atoms with E-state index in [1.165, 1.54) is 18.4 Å². The number of methoxy groups -OCH3 is 1. The number of anilines is 1. The molecule has 6 heteroatoms. The highest BCUT2D eigenvalue weighted by atomic mass is 32.1. The van der Waals surface area contributed by atoms with Crippen molar-refractivity contribution in [3.63, 3.8) is 0 Å². The first kappa shape index (κ1) is 14.2. The molecule has 20 heavy (non-hydrogen) atoms. The highest BCUT2D eigenvalue weighted by Gasteiger charge is 2.06. The van der Waals surface area contributed by atoms with Crippen molar-refractivity contribution in [3.05, 3.63) is 46.0 Å². The summed E-state index contributed by atoms with van der Waals surface area (Å²) < 4.78 is 4.72. The van der Waals surface area contributed by atoms with Crippen molar-refractivity contribution in [1.29, 1.82) is 0 Å². The van der Waals surface area contributed by atoms with Crippen LogP contribution in [0.25, 0.3) is 0 Å². The molecule has 0 spiro atoms. The molecule has 0 amide bonds. The van der Waals surface area contributed by atoms with Crippen LogP contribution in [0.2, 0.25) is 0 Å². The van der Waals surface area contributed by atoms with E-state index < -0.39 is 0 Å². The number of rotatable bonds is 4. The first-order valence-corrected chi connectivity index (χ1v) is 6.87. The van der Waals surface area contributed by atoms with E-state index in [0.29, 0.717) is 5.56 Å². The highest BCUT2D eigenvalue weighted by Crippen LogP contribution is 2.14. The normalized spacial score (nSPS) is 10.8. The minimum absolute atomic E-state index is 0.355. The van der Waals surface area contributed by atoms with E-state index in [2.05, 4.69) is 15.5 Å². The molecule has 1 aromatic heterocycles. The van der Waals surface area contributed by atoms with Gasteiger partial charge in [0.15, 0.2) is 0 Å². The third kappa shape index (κ3) is 3.64. The second-order valence-corrected chi connectivity index (χ2v) is 5.15. The van der Waals surface area contributed by atoms with Crippen molar-refractivity contribution in [2.75, 3.05) is 12.5 Å². The monoisotopic (exact) mass is 289 g/mol. The SMILES string of the molecule is COC(=O)c1cc(C)cc(C=NNc2nc(C)cs2)c1. The van der Waals surface area contributed by atoms with E-state index in [-0.39, 0.29) is 5.97 Å². The summed E-state index contributed by atoms with van der Waals surface area (Å²) in [7, 11) is 1.37. The number of nitrogens with one attached hydrogen (secondary N) is 1. The van der Waals surface area contributed by atoms with Gasteiger partial charge in [0.2, 0.25) is 5.13 Å². The summed E-state index contributed by atoms with van der Waals surface area (Å²) in [6.07, 6.45) is 1.65. The predicted molar refractivity (Wildman–Crippen MR) is 80.6 cm³/mol. The Labute approximate surface area is 121 Å². The fourth-order valence-electron chi connectivity index (χ4n) is 1.69. The molecule has 0 saturated carbocycles. The van der Waals surface area contributed by atoms with Crippen LogP contribution < -0.4 is 5.43 Å². The van der Waals surface area contributed by atoms with Crippen molar-refractivity contribution < 1.29 is 9.53 Å². The summed E-state index contributed by atoms with van der Waals surface area (Å²) in [6, 6.07) is 5.45. The average molecular weight is 289 g/mol. The molecule has 1 heterocycles. The number of nitrogens with zero attached hydrogens (tertiary/aromatic N) is 2. The van der Waals surface area contributed by atoms with E-state index in [0.717, 1.165) is 22.0 Å². The summed E-state index contributed by atoms with van der Waals surface area (Å²) >= 11 is 1.49. The minimum Gasteiger partial charge on any atom is -0.465 e. The van der Waals surface area contributed by atoms with Gasteiger partial charge in [-0.25, -0.2) is 9.78 Å². The number of thiazole rings is 1. The lowest BCUT2D eigenvalue weighted by Crippen LogP contribution is -2.02. The van der Waals surface area contributed by atoms with Crippen molar-refractivity contribution in [2.45, 2.75) is 13.8 Å². The molecule has 0 aliphatic rings. The van der Waals surface area contributed by atoms with Crippen LogP contribution in [0.3, 0.4) is 0 Å². The number of carbonyl (C=O) groups excluding carboxylic acids is 1. The summed E-state index contributed by atoms with van der Waals surface area (Å²) in [5, 5.41) is 6.79. The smallest absolute Gasteiger partial charge is 0.337 e. The summed E-state index contributed by atoms with van der Waals surface area (Å²) in [4.78, 5) is 15.8. The van der Waals surface area contributed by atoms with Gasteiger partial charge >= 0.3 is 5.97 Å². The van der Waals surface area contributed by atoms with Gasteiger partial charge in [-0.1, -0.05) is 6.07 Å². The molecule has 0 aliphatic carbocycles. The molecule has 1 aromatic carbocycles. The molecule has 1 N–H and O–H groups in total. The van der Waals surface area contributed by atoms with Crippen LogP contribution in [-0.4, -0.2) is 24.3 Å². The van der Waals surface area contributed by atoms with Gasteiger partial charge in [0.1, 0.15) is 0 Å². The van der Waals surface area contributed by atoms with Gasteiger partial charge in [0.25, 0.3) is 0 Å². The van der Waals surface area contributed by atoms with Gasteiger partial charge in [0, 0.05) is 5.38 Å². The molecule has 0 radical (unpaired) electrons. The predicted octanol–water partition coefficient (Wildman–Crippen LogP) is 2.99. The Hall–Kier alpha value is -2.21. The number of hydrogen-bond acceptors (Lipinski definition) is 6. The molecule has 0 aliphatic heterocycles. The second kappa shape index (κ2) is 6.29. The topological polar surface area (TPSA) is 63.6 Å². The molecule has 0 bridgehead atoms. The Morgan fingerprint density at radius 3 is 2.85 bits per heavy atom. The number of benzene rings is 1. The third-order valence-corrected chi connectivity index (χ3v) is 3.38. The van der Waals surface area contributed by atoms with Crippen LogP contribution in [0.1, 0.15) is 27.2 Å². The van der Waals surface area contributed by atoms with Gasteiger partial charge < -0.3 is 4.74 Å². The van der Waals surface area contributed by atoms with Crippen LogP contribution in [0.15, 0.2) is 28.7 Å². The molecular formula is C14H15N3O2S. The van der Waals surface area contributed by atoms with Gasteiger partial charge in [-0.3, -0.25) is 5.43 Å². The van der Waals surface area contributed by atoms with Gasteiger partial charge in [-0.2, -0.15) is 5.10 Å². The number of carbonyl (C=O) groups is 1. The number of ether oxygens (including phenoxy) is 1. The van der Waals surface area contributed by atoms with Crippen molar-refractivity contribution in [2.24, 2.45) is 5.10 Å². The zero-order chi connectivity index (χ0) is 14.5. The minimum atomic E-state index is -0.355. The van der Waals surface area contributed by atoms with E-state index >= 15 is 0 Å². The Balaban J connectivity index is 2.12. The first-order chi connectivity index (χ1) is 9.58. The Morgan fingerprint density at radius 2 is 2.20 bits per heavy atom. The molecule has 104 valence electrons. The van der Waals surface area contributed by atoms with E-state index in [9.17, 15) is 4.79 Å². The molecule has 5 nitrogen and oxygen atoms in total. The van der Waals surface area contributed by atoms with Crippen LogP contribution in [0, 0.1) is 13.8 Å². The standard InChI is InChI=1S/C14H15N3O2S/c1-9-4-11(6-12(5-9)13(18)19-3)7-15-17-14-16-10(2)8-20-14/h4-8H,1-3H3,(H,16,17). The lowest BCUT2D eigenvalue weighted by Gasteiger charge is -2.03. The quantitative estimate of drug-likeness (QED) is 0.534. The maximum absolute atomic E-state index is 11.5. The molecular weight excluding hydrogens is 274 g/mol. The number of esters is 1. The van der Waals surface area contributed by atoms with Crippen LogP contribution in [0.5, 0.6) is 0 Å². The lowest BCUT2D eigenvalue weighted by atomic mass is 10.1. The Kier molecular flexibility index (Phi) is 4.47. The maximum atomic E-state index is 11.5. The largest absolute Gasteiger partial charge is 0.465 e. The Bertz CT molecular complexity index is 650. The number of aryl methyl sites for hydroxylation is 2. The van der Waals surface area contributed by atoms with Crippen molar-refractivity contribution in [3.8, 4) is 0 Å². The first-order valence-electron chi connectivity index (χ1n) is 5.99. The molecule has 0 unspecified atom stereocenters. The summed E-state index contributed by atoms with van der Waals surface area (Å²) in [5.41, 5.74) is 6.12. The number of aromatic nitrogens is 1. The van der Waals surface area contributed by atoms with Gasteiger partial charge in [-0.05, 0) is 37.1 Å². The second-order valence-electron chi connectivity index (χ2n) is 4.29. The maximum Gasteiger partial charge on any atom is 0.337 e. The fourth-order valence-corrected chi connectivity index (χ4v) is 2.33. The van der Waals surface area contributed by atoms with Crippen LogP contribution in [0.4, 0.5) is 5.13 Å². The van der Waals surface area contributed by atoms with Crippen LogP contribution >= 0.6 is 11.3 Å². The highest BCUT2D eigenvalue weighted by molar-refractivity contribution is 7.13. The van der Waals surface area contributed by atoms with Crippen molar-refractivity contribution in [1.82, 2.24) is 4.98 Å². The van der Waals surface area contributed by atoms with E-state index in [4.69, 9.17) is 4.74 Å². The number of hydrogen-bond donors (Lipinski definition) is 1. The summed E-state index contributed by atoms with van der Waals surface area (Å²) in [6.45, 7) is 3.84. The van der Waals surface area contributed by atoms with E-state index in [1.807, 2.05) is 25.3 Å². The van der Waals surface area contributed by atoms with Crippen molar-refractivity contribution >= 4 is 28.7 Å². The fraction of sp³-hybridized carbons (Fsp3) is 0.214. The molecule has 0 saturated heterocycles. The molecule has 0 fully saturated rings. The van der Waals surface area contributed by atoms with Gasteiger partial charge in [-0.15, -0.1) is 11.3 Å². The molecule has 2 rings (SSSR count). The lowest BCUT2D eigenvalue weighted by molar-refractivity contribution is 0.0600. The summed E-state index contributed by atoms with van der Waals surface area (Å²) in [5.74, 6) is -0.355. The molecule has 0 atom stereocenters. The number of hydrazone groups is 1. The molecule has 2 aromatic rings. The zero-order valence-electron chi connectivity index (χ0n) is 11.5. The zero-order valence-corrected chi connectivity index (χ0v) is 12.3.